The summed E-state index contributed by atoms with van der Waals surface area (Å²) in [5.74, 6) is 2.63. The molecule has 44 heavy (non-hydrogen) atoms. The lowest BCUT2D eigenvalue weighted by Crippen LogP contribution is -2.21. The monoisotopic (exact) mass is 653 g/mol. The Hall–Kier alpha value is -4.43. The first-order valence-electron chi connectivity index (χ1n) is 14.6. The molecule has 0 saturated heterocycles. The van der Waals surface area contributed by atoms with Gasteiger partial charge in [0.2, 0.25) is 0 Å². The number of nitrogens with zero attached hydrogens (tertiary/aromatic N) is 3. The van der Waals surface area contributed by atoms with Gasteiger partial charge in [-0.25, -0.2) is 4.98 Å². The van der Waals surface area contributed by atoms with Gasteiger partial charge in [-0.15, -0.1) is 0 Å². The molecule has 0 aliphatic carbocycles. The zero-order chi connectivity index (χ0) is 31.4. The fourth-order valence-corrected chi connectivity index (χ4v) is 5.69. The Morgan fingerprint density at radius 2 is 1.77 bits per heavy atom. The maximum absolute atomic E-state index is 13.9. The summed E-state index contributed by atoms with van der Waals surface area (Å²) in [6.45, 7) is 11.2. The van der Waals surface area contributed by atoms with Crippen molar-refractivity contribution in [1.29, 1.82) is 0 Å². The number of rotatable bonds is 10. The molecule has 0 aliphatic heterocycles. The SMILES string of the molecule is CCOc1cc(C)c(-c2nc3ccccc3c(=O)n2N=Cc2cc(Br)c(OCc3cccc(C)c3)c(OC)c2)cc1C(C)C. The second-order valence-corrected chi connectivity index (χ2v) is 11.8. The first-order valence-corrected chi connectivity index (χ1v) is 15.4. The number of fused-ring (bicyclic) bond motifs is 1. The third-order valence-electron chi connectivity index (χ3n) is 7.31. The molecule has 0 fully saturated rings. The summed E-state index contributed by atoms with van der Waals surface area (Å²) in [7, 11) is 1.60. The highest BCUT2D eigenvalue weighted by atomic mass is 79.9. The van der Waals surface area contributed by atoms with Gasteiger partial charge in [0.15, 0.2) is 17.3 Å². The Morgan fingerprint density at radius 1 is 0.977 bits per heavy atom. The van der Waals surface area contributed by atoms with Crippen molar-refractivity contribution in [3.63, 3.8) is 0 Å². The number of benzene rings is 4. The number of hydrogen-bond donors (Lipinski definition) is 0. The van der Waals surface area contributed by atoms with Crippen molar-refractivity contribution in [1.82, 2.24) is 9.66 Å². The minimum atomic E-state index is -0.259. The summed E-state index contributed by atoms with van der Waals surface area (Å²) in [5.41, 5.74) is 6.09. The lowest BCUT2D eigenvalue weighted by Gasteiger charge is -2.18. The number of aryl methyl sites for hydroxylation is 2. The van der Waals surface area contributed by atoms with Crippen LogP contribution < -0.4 is 19.8 Å². The van der Waals surface area contributed by atoms with E-state index in [-0.39, 0.29) is 11.5 Å². The summed E-state index contributed by atoms with van der Waals surface area (Å²) in [6, 6.07) is 23.3. The third-order valence-corrected chi connectivity index (χ3v) is 7.90. The van der Waals surface area contributed by atoms with E-state index in [1.807, 2.05) is 62.4 Å². The first kappa shape index (κ1) is 31.0. The van der Waals surface area contributed by atoms with Crippen molar-refractivity contribution >= 4 is 33.0 Å². The van der Waals surface area contributed by atoms with E-state index in [0.29, 0.717) is 51.5 Å². The van der Waals surface area contributed by atoms with E-state index in [1.165, 1.54) is 10.2 Å². The number of methoxy groups -OCH3 is 1. The molecule has 0 N–H and O–H groups in total. The number of aromatic nitrogens is 2. The third kappa shape index (κ3) is 6.55. The molecule has 0 aliphatic rings. The van der Waals surface area contributed by atoms with Gasteiger partial charge < -0.3 is 14.2 Å². The quantitative estimate of drug-likeness (QED) is 0.141. The lowest BCUT2D eigenvalue weighted by atomic mass is 9.96. The van der Waals surface area contributed by atoms with Crippen LogP contribution in [0.4, 0.5) is 0 Å². The van der Waals surface area contributed by atoms with Crippen molar-refractivity contribution in [2.24, 2.45) is 5.10 Å². The van der Waals surface area contributed by atoms with Crippen LogP contribution in [0.25, 0.3) is 22.3 Å². The van der Waals surface area contributed by atoms with Crippen LogP contribution in [0.3, 0.4) is 0 Å². The lowest BCUT2D eigenvalue weighted by molar-refractivity contribution is 0.282. The highest BCUT2D eigenvalue weighted by Gasteiger charge is 2.19. The largest absolute Gasteiger partial charge is 0.494 e. The van der Waals surface area contributed by atoms with E-state index in [2.05, 4.69) is 54.9 Å². The number of halogens is 1. The molecule has 0 bridgehead atoms. The Morgan fingerprint density at radius 3 is 2.50 bits per heavy atom. The van der Waals surface area contributed by atoms with Crippen molar-refractivity contribution < 1.29 is 14.2 Å². The first-order chi connectivity index (χ1) is 21.2. The van der Waals surface area contributed by atoms with Gasteiger partial charge in [0, 0.05) is 5.56 Å². The van der Waals surface area contributed by atoms with Crippen LogP contribution in [-0.2, 0) is 6.61 Å². The predicted molar refractivity (Wildman–Crippen MR) is 181 cm³/mol. The Balaban J connectivity index is 1.59. The Labute approximate surface area is 266 Å². The number of ether oxygens (including phenoxy) is 3. The molecule has 0 radical (unpaired) electrons. The molecule has 5 rings (SSSR count). The fourth-order valence-electron chi connectivity index (χ4n) is 5.11. The molecule has 0 atom stereocenters. The van der Waals surface area contributed by atoms with E-state index in [4.69, 9.17) is 24.3 Å². The molecule has 0 amide bonds. The molecule has 0 spiro atoms. The Kier molecular flexibility index (Phi) is 9.49. The van der Waals surface area contributed by atoms with Crippen LogP contribution >= 0.6 is 15.9 Å². The van der Waals surface area contributed by atoms with Gasteiger partial charge in [-0.05, 0) is 101 Å². The topological polar surface area (TPSA) is 74.9 Å². The minimum absolute atomic E-state index is 0.205. The van der Waals surface area contributed by atoms with Crippen molar-refractivity contribution in [3.05, 3.63) is 115 Å². The molecule has 1 heterocycles. The molecule has 0 saturated carbocycles. The second-order valence-electron chi connectivity index (χ2n) is 10.9. The molecule has 7 nitrogen and oxygen atoms in total. The van der Waals surface area contributed by atoms with Gasteiger partial charge in [-0.1, -0.05) is 55.8 Å². The van der Waals surface area contributed by atoms with E-state index in [1.54, 1.807) is 19.4 Å². The van der Waals surface area contributed by atoms with Gasteiger partial charge >= 0.3 is 0 Å². The van der Waals surface area contributed by atoms with Crippen molar-refractivity contribution in [3.8, 4) is 28.6 Å². The van der Waals surface area contributed by atoms with Gasteiger partial charge in [-0.3, -0.25) is 4.79 Å². The summed E-state index contributed by atoms with van der Waals surface area (Å²) < 4.78 is 19.8. The molecule has 0 unspecified atom stereocenters. The van der Waals surface area contributed by atoms with E-state index in [9.17, 15) is 4.79 Å². The molecular formula is C36H36BrN3O4. The average Bonchev–Trinajstić information content (AvgIpc) is 3.00. The van der Waals surface area contributed by atoms with Gasteiger partial charge in [0.05, 0.1) is 35.3 Å². The van der Waals surface area contributed by atoms with E-state index >= 15 is 0 Å². The molecule has 4 aromatic carbocycles. The summed E-state index contributed by atoms with van der Waals surface area (Å²) >= 11 is 3.64. The van der Waals surface area contributed by atoms with Gasteiger partial charge in [-0.2, -0.15) is 9.78 Å². The Bertz CT molecular complexity index is 1910. The van der Waals surface area contributed by atoms with Crippen LogP contribution in [-0.4, -0.2) is 29.6 Å². The van der Waals surface area contributed by atoms with Crippen LogP contribution in [0.2, 0.25) is 0 Å². The highest BCUT2D eigenvalue weighted by Crippen LogP contribution is 2.37. The molecular weight excluding hydrogens is 618 g/mol. The maximum atomic E-state index is 13.9. The van der Waals surface area contributed by atoms with Crippen molar-refractivity contribution in [2.75, 3.05) is 13.7 Å². The smallest absolute Gasteiger partial charge is 0.282 e. The van der Waals surface area contributed by atoms with Crippen LogP contribution in [0.15, 0.2) is 87.2 Å². The normalized spacial score (nSPS) is 11.5. The zero-order valence-electron chi connectivity index (χ0n) is 25.8. The number of para-hydroxylation sites is 1. The van der Waals surface area contributed by atoms with Crippen LogP contribution in [0.1, 0.15) is 54.5 Å². The maximum Gasteiger partial charge on any atom is 0.282 e. The van der Waals surface area contributed by atoms with E-state index < -0.39 is 0 Å². The minimum Gasteiger partial charge on any atom is -0.494 e. The molecule has 1 aromatic heterocycles. The highest BCUT2D eigenvalue weighted by molar-refractivity contribution is 9.10. The fraction of sp³-hybridized carbons (Fsp3) is 0.250. The molecule has 5 aromatic rings. The van der Waals surface area contributed by atoms with E-state index in [0.717, 1.165) is 28.0 Å². The van der Waals surface area contributed by atoms with Gasteiger partial charge in [0.1, 0.15) is 12.4 Å². The van der Waals surface area contributed by atoms with Crippen LogP contribution in [0, 0.1) is 13.8 Å². The van der Waals surface area contributed by atoms with Gasteiger partial charge in [0.25, 0.3) is 5.56 Å². The molecule has 226 valence electrons. The molecule has 8 heteroatoms. The standard InChI is InChI=1S/C36H36BrN3O4/c1-7-43-32-16-24(5)29(19-28(32)22(2)3)35-39-31-14-9-8-13-27(31)36(41)40(35)38-20-26-17-30(37)34(33(18-26)42-6)44-21-25-12-10-11-23(4)15-25/h8-20,22H,7,21H2,1-6H3. The summed E-state index contributed by atoms with van der Waals surface area (Å²) in [6.07, 6.45) is 1.63. The average molecular weight is 655 g/mol. The summed E-state index contributed by atoms with van der Waals surface area (Å²) in [5, 5.41) is 5.18. The summed E-state index contributed by atoms with van der Waals surface area (Å²) in [4.78, 5) is 18.8. The van der Waals surface area contributed by atoms with Crippen LogP contribution in [0.5, 0.6) is 17.2 Å². The predicted octanol–water partition coefficient (Wildman–Crippen LogP) is 8.43. The zero-order valence-corrected chi connectivity index (χ0v) is 27.4. The second kappa shape index (κ2) is 13.5. The number of hydrogen-bond acceptors (Lipinski definition) is 6. The van der Waals surface area contributed by atoms with Crippen molar-refractivity contribution in [2.45, 2.75) is 47.1 Å².